The maximum Gasteiger partial charge on any atom is 0.257 e. The number of rotatable bonds is 6. The van der Waals surface area contributed by atoms with E-state index in [1.54, 1.807) is 30.5 Å². The lowest BCUT2D eigenvalue weighted by Crippen LogP contribution is -2.30. The van der Waals surface area contributed by atoms with E-state index in [4.69, 9.17) is 16.3 Å². The topological polar surface area (TPSA) is 72.3 Å². The number of halogens is 1. The SMILES string of the molecule is Cc1cnc(-c2cc(NC(=O)c3ccc(OC[C@@H]4CCCN4C)nc3)ccc2Cl)n1C. The van der Waals surface area contributed by atoms with Crippen LogP contribution in [0.15, 0.2) is 42.7 Å². The van der Waals surface area contributed by atoms with Gasteiger partial charge in [0.05, 0.1) is 10.6 Å². The second kappa shape index (κ2) is 9.08. The molecule has 0 unspecified atom stereocenters. The number of pyridine rings is 1. The summed E-state index contributed by atoms with van der Waals surface area (Å²) in [5.41, 5.74) is 2.87. The number of nitrogens with zero attached hydrogens (tertiary/aromatic N) is 4. The second-order valence-corrected chi connectivity index (χ2v) is 8.31. The molecule has 0 radical (unpaired) electrons. The Balaban J connectivity index is 1.42. The molecule has 4 rings (SSSR count). The van der Waals surface area contributed by atoms with Crippen molar-refractivity contribution in [2.45, 2.75) is 25.8 Å². The molecule has 0 bridgehead atoms. The minimum Gasteiger partial charge on any atom is -0.476 e. The molecule has 1 aliphatic rings. The van der Waals surface area contributed by atoms with E-state index in [9.17, 15) is 4.79 Å². The minimum atomic E-state index is -0.251. The fourth-order valence-electron chi connectivity index (χ4n) is 3.69. The highest BCUT2D eigenvalue weighted by Crippen LogP contribution is 2.30. The zero-order valence-corrected chi connectivity index (χ0v) is 18.7. The molecule has 3 heterocycles. The summed E-state index contributed by atoms with van der Waals surface area (Å²) in [5, 5.41) is 3.47. The van der Waals surface area contributed by atoms with Crippen molar-refractivity contribution in [3.05, 3.63) is 59.0 Å². The molecule has 3 aromatic rings. The summed E-state index contributed by atoms with van der Waals surface area (Å²) in [6.07, 6.45) is 5.65. The summed E-state index contributed by atoms with van der Waals surface area (Å²) in [5.74, 6) is 1.02. The average Bonchev–Trinajstić information content (AvgIpc) is 3.33. The van der Waals surface area contributed by atoms with Gasteiger partial charge in [0.1, 0.15) is 12.4 Å². The number of ether oxygens (including phenoxy) is 1. The molecule has 2 aromatic heterocycles. The zero-order valence-electron chi connectivity index (χ0n) is 17.9. The van der Waals surface area contributed by atoms with Crippen LogP contribution in [0.2, 0.25) is 5.02 Å². The number of imidazole rings is 1. The molecule has 1 aromatic carbocycles. The van der Waals surface area contributed by atoms with Gasteiger partial charge in [-0.2, -0.15) is 0 Å². The predicted octanol–water partition coefficient (Wildman–Crippen LogP) is 4.17. The number of aromatic nitrogens is 3. The summed E-state index contributed by atoms with van der Waals surface area (Å²) < 4.78 is 7.75. The molecule has 1 N–H and O–H groups in total. The van der Waals surface area contributed by atoms with E-state index < -0.39 is 0 Å². The molecule has 31 heavy (non-hydrogen) atoms. The Morgan fingerprint density at radius 3 is 2.71 bits per heavy atom. The first kappa shape index (κ1) is 21.3. The number of hydrogen-bond donors (Lipinski definition) is 1. The predicted molar refractivity (Wildman–Crippen MR) is 122 cm³/mol. The third kappa shape index (κ3) is 4.73. The molecule has 0 saturated carbocycles. The molecule has 0 spiro atoms. The summed E-state index contributed by atoms with van der Waals surface area (Å²) in [6, 6.07) is 9.22. The molecule has 7 nitrogen and oxygen atoms in total. The van der Waals surface area contributed by atoms with Gasteiger partial charge in [-0.3, -0.25) is 4.79 Å². The molecule has 0 aliphatic carbocycles. The van der Waals surface area contributed by atoms with Crippen molar-refractivity contribution in [3.8, 4) is 17.3 Å². The molecule has 1 atom stereocenters. The number of carbonyl (C=O) groups excluding carboxylic acids is 1. The number of aryl methyl sites for hydroxylation is 1. The van der Waals surface area contributed by atoms with E-state index >= 15 is 0 Å². The molecule has 1 saturated heterocycles. The largest absolute Gasteiger partial charge is 0.476 e. The fourth-order valence-corrected chi connectivity index (χ4v) is 3.90. The van der Waals surface area contributed by atoms with E-state index in [-0.39, 0.29) is 5.91 Å². The third-order valence-corrected chi connectivity index (χ3v) is 6.11. The Bertz CT molecular complexity index is 1080. The van der Waals surface area contributed by atoms with Gasteiger partial charge >= 0.3 is 0 Å². The quantitative estimate of drug-likeness (QED) is 0.624. The van der Waals surface area contributed by atoms with E-state index in [1.807, 2.05) is 24.6 Å². The zero-order chi connectivity index (χ0) is 22.0. The highest BCUT2D eigenvalue weighted by atomic mass is 35.5. The Kier molecular flexibility index (Phi) is 6.25. The molecular weight excluding hydrogens is 414 g/mol. The van der Waals surface area contributed by atoms with Gasteiger partial charge in [-0.25, -0.2) is 9.97 Å². The Hall–Kier alpha value is -2.90. The van der Waals surface area contributed by atoms with Crippen LogP contribution >= 0.6 is 11.6 Å². The number of likely N-dealkylation sites (N-methyl/N-ethyl adjacent to an activating group) is 1. The normalized spacial score (nSPS) is 16.5. The number of hydrogen-bond acceptors (Lipinski definition) is 5. The first-order valence-electron chi connectivity index (χ1n) is 10.3. The van der Waals surface area contributed by atoms with E-state index in [0.29, 0.717) is 34.8 Å². The lowest BCUT2D eigenvalue weighted by molar-refractivity contribution is 0.102. The minimum absolute atomic E-state index is 0.251. The molecule has 8 heteroatoms. The van der Waals surface area contributed by atoms with E-state index in [0.717, 1.165) is 30.0 Å². The Morgan fingerprint density at radius 2 is 2.06 bits per heavy atom. The monoisotopic (exact) mass is 439 g/mol. The fraction of sp³-hybridized carbons (Fsp3) is 0.348. The van der Waals surface area contributed by atoms with Gasteiger partial charge in [0.15, 0.2) is 0 Å². The van der Waals surface area contributed by atoms with E-state index in [2.05, 4.69) is 27.2 Å². The second-order valence-electron chi connectivity index (χ2n) is 7.90. The van der Waals surface area contributed by atoms with Gasteiger partial charge in [0, 0.05) is 48.5 Å². The summed E-state index contributed by atoms with van der Waals surface area (Å²) >= 11 is 6.38. The van der Waals surface area contributed by atoms with Crippen LogP contribution in [0.25, 0.3) is 11.4 Å². The van der Waals surface area contributed by atoms with Gasteiger partial charge in [-0.1, -0.05) is 11.6 Å². The lowest BCUT2D eigenvalue weighted by atomic mass is 10.1. The van der Waals surface area contributed by atoms with Crippen molar-refractivity contribution in [1.29, 1.82) is 0 Å². The van der Waals surface area contributed by atoms with Gasteiger partial charge in [-0.05, 0) is 57.6 Å². The number of amides is 1. The highest BCUT2D eigenvalue weighted by Gasteiger charge is 2.21. The van der Waals surface area contributed by atoms with Crippen LogP contribution in [0.4, 0.5) is 5.69 Å². The van der Waals surface area contributed by atoms with Gasteiger partial charge in [-0.15, -0.1) is 0 Å². The van der Waals surface area contributed by atoms with Crippen molar-refractivity contribution in [2.24, 2.45) is 7.05 Å². The van der Waals surface area contributed by atoms with Crippen LogP contribution in [0.5, 0.6) is 5.88 Å². The summed E-state index contributed by atoms with van der Waals surface area (Å²) in [4.78, 5) is 23.7. The maximum atomic E-state index is 12.7. The van der Waals surface area contributed by atoms with Crippen LogP contribution in [-0.4, -0.2) is 51.6 Å². The third-order valence-electron chi connectivity index (χ3n) is 5.78. The van der Waals surface area contributed by atoms with Crippen molar-refractivity contribution in [1.82, 2.24) is 19.4 Å². The van der Waals surface area contributed by atoms with Crippen LogP contribution < -0.4 is 10.1 Å². The van der Waals surface area contributed by atoms with Crippen LogP contribution in [-0.2, 0) is 7.05 Å². The maximum absolute atomic E-state index is 12.7. The Labute approximate surface area is 187 Å². The summed E-state index contributed by atoms with van der Waals surface area (Å²) in [6.45, 7) is 3.68. The molecule has 1 aliphatic heterocycles. The Morgan fingerprint density at radius 1 is 1.23 bits per heavy atom. The molecular formula is C23H26ClN5O2. The highest BCUT2D eigenvalue weighted by molar-refractivity contribution is 6.33. The van der Waals surface area contributed by atoms with Gasteiger partial charge in [0.25, 0.3) is 5.91 Å². The van der Waals surface area contributed by atoms with Crippen molar-refractivity contribution in [3.63, 3.8) is 0 Å². The number of likely N-dealkylation sites (tertiary alicyclic amines) is 1. The van der Waals surface area contributed by atoms with Gasteiger partial charge < -0.3 is 19.5 Å². The first-order chi connectivity index (χ1) is 14.9. The van der Waals surface area contributed by atoms with Crippen molar-refractivity contribution in [2.75, 3.05) is 25.5 Å². The van der Waals surface area contributed by atoms with Crippen LogP contribution in [0.1, 0.15) is 28.9 Å². The average molecular weight is 440 g/mol. The van der Waals surface area contributed by atoms with Gasteiger partial charge in [0.2, 0.25) is 5.88 Å². The summed E-state index contributed by atoms with van der Waals surface area (Å²) in [7, 11) is 4.04. The molecule has 162 valence electrons. The number of nitrogens with one attached hydrogen (secondary N) is 1. The molecule has 1 amide bonds. The van der Waals surface area contributed by atoms with Crippen molar-refractivity contribution >= 4 is 23.2 Å². The van der Waals surface area contributed by atoms with Crippen LogP contribution in [0.3, 0.4) is 0 Å². The number of benzene rings is 1. The number of anilines is 1. The van der Waals surface area contributed by atoms with E-state index in [1.165, 1.54) is 12.6 Å². The lowest BCUT2D eigenvalue weighted by Gasteiger charge is -2.19. The molecule has 1 fully saturated rings. The number of carbonyl (C=O) groups is 1. The van der Waals surface area contributed by atoms with Crippen LogP contribution in [0, 0.1) is 6.92 Å². The first-order valence-corrected chi connectivity index (χ1v) is 10.7. The van der Waals surface area contributed by atoms with Crippen molar-refractivity contribution < 1.29 is 9.53 Å². The standard InChI is InChI=1S/C23H26ClN5O2/c1-15-12-26-22(29(15)3)19-11-17(7-8-20(19)24)27-23(30)16-6-9-21(25-13-16)31-14-18-5-4-10-28(18)2/h6-9,11-13,18H,4-5,10,14H2,1-3H3,(H,27,30)/t18-/m0/s1. The smallest absolute Gasteiger partial charge is 0.257 e.